The molecular formula is C8H7HgNaO3S. The van der Waals surface area contributed by atoms with Gasteiger partial charge in [-0.1, -0.05) is 0 Å². The van der Waals surface area contributed by atoms with Gasteiger partial charge < -0.3 is 0 Å². The zero-order valence-electron chi connectivity index (χ0n) is 8.15. The summed E-state index contributed by atoms with van der Waals surface area (Å²) in [6.45, 7) is 0. The third-order valence-electron chi connectivity index (χ3n) is 1.37. The maximum atomic E-state index is 10.6. The molecule has 0 atom stereocenters. The molecule has 0 aliphatic carbocycles. The van der Waals surface area contributed by atoms with Crippen molar-refractivity contribution >= 4 is 14.5 Å². The summed E-state index contributed by atoms with van der Waals surface area (Å²) >= 11 is -0.922. The van der Waals surface area contributed by atoms with Crippen molar-refractivity contribution in [3.8, 4) is 5.75 Å². The summed E-state index contributed by atoms with van der Waals surface area (Å²) in [6.07, 6.45) is 0. The topological polar surface area (TPSA) is 49.4 Å². The molecule has 66 valence electrons. The molecule has 1 rings (SSSR count). The van der Waals surface area contributed by atoms with Crippen LogP contribution < -0.4 is 38.8 Å². The van der Waals surface area contributed by atoms with Crippen LogP contribution in [0.1, 0.15) is 10.4 Å². The fraction of sp³-hybridized carbons (Fsp3) is 0.125. The van der Waals surface area contributed by atoms with E-state index >= 15 is 0 Å². The van der Waals surface area contributed by atoms with E-state index in [1.54, 1.807) is 18.2 Å². The molecule has 0 amide bonds. The molecule has 3 nitrogen and oxygen atoms in total. The van der Waals surface area contributed by atoms with Crippen LogP contribution in [0, 0.1) is 0 Å². The molecule has 0 aromatic heterocycles. The molecule has 0 aliphatic heterocycles. The van der Waals surface area contributed by atoms with Crippen LogP contribution in [0.4, 0.5) is 0 Å². The minimum atomic E-state index is -1.19. The second-order valence-corrected chi connectivity index (χ2v) is 12.7. The summed E-state index contributed by atoms with van der Waals surface area (Å²) in [5.74, 6) is -0.793. The van der Waals surface area contributed by atoms with Crippen LogP contribution in [0.5, 0.6) is 5.75 Å². The quantitative estimate of drug-likeness (QED) is 0.434. The maximum absolute atomic E-state index is 10.6. The normalized spacial score (nSPS) is 8.36. The molecule has 14 heavy (non-hydrogen) atoms. The standard InChI is InChI=1S/C7H6O3S.CH3.Hg.Na/c8-7(9)5-3-1-2-4-6(5)10-11;;;/h1-4,11H,(H,8,9);1H3;;/q;;2*+1/p-2. The largest absolute Gasteiger partial charge is 1.00 e. The Bertz CT molecular complexity index is 308. The van der Waals surface area contributed by atoms with E-state index < -0.39 is 29.0 Å². The van der Waals surface area contributed by atoms with E-state index in [0.717, 1.165) is 0 Å². The van der Waals surface area contributed by atoms with E-state index in [1.807, 2.05) is 0 Å². The third-order valence-corrected chi connectivity index (χ3v) is 6.03. The van der Waals surface area contributed by atoms with Crippen molar-refractivity contribution in [2.75, 3.05) is 0 Å². The average Bonchev–Trinajstić information content (AvgIpc) is 2.15. The third kappa shape index (κ3) is 4.53. The number of benzene rings is 1. The number of carbonyl (C=O) groups excluding carboxylic acids is 1. The van der Waals surface area contributed by atoms with E-state index in [1.165, 1.54) is 14.6 Å². The first kappa shape index (κ1) is 14.8. The van der Waals surface area contributed by atoms with Gasteiger partial charge in [-0.15, -0.1) is 0 Å². The van der Waals surface area contributed by atoms with Gasteiger partial charge in [-0.3, -0.25) is 0 Å². The van der Waals surface area contributed by atoms with Crippen LogP contribution in [0.15, 0.2) is 24.3 Å². The molecular weight excluding hydrogens is 400 g/mol. The SMILES string of the molecule is [CH3][Hg][S]Oc1ccccc1C(=O)[O-].[Na+]. The average molecular weight is 407 g/mol. The summed E-state index contributed by atoms with van der Waals surface area (Å²) in [4.78, 5) is 10.6. The maximum Gasteiger partial charge on any atom is 1.00 e. The summed E-state index contributed by atoms with van der Waals surface area (Å²) in [5, 5.41) is 10.6. The van der Waals surface area contributed by atoms with Crippen molar-refractivity contribution in [1.29, 1.82) is 0 Å². The number of aromatic carboxylic acids is 1. The Morgan fingerprint density at radius 3 is 2.71 bits per heavy atom. The van der Waals surface area contributed by atoms with E-state index in [2.05, 4.69) is 4.43 Å². The van der Waals surface area contributed by atoms with E-state index in [9.17, 15) is 9.90 Å². The predicted molar refractivity (Wildman–Crippen MR) is 44.9 cm³/mol. The Morgan fingerprint density at radius 1 is 1.50 bits per heavy atom. The van der Waals surface area contributed by atoms with Crippen molar-refractivity contribution in [3.63, 3.8) is 0 Å². The van der Waals surface area contributed by atoms with Gasteiger partial charge in [0.1, 0.15) is 0 Å². The molecule has 0 saturated carbocycles. The Balaban J connectivity index is 0.00000169. The first-order valence-corrected chi connectivity index (χ1v) is 17.0. The van der Waals surface area contributed by atoms with Gasteiger partial charge in [0.05, 0.1) is 0 Å². The van der Waals surface area contributed by atoms with E-state index in [-0.39, 0.29) is 35.1 Å². The molecule has 0 unspecified atom stereocenters. The van der Waals surface area contributed by atoms with Crippen molar-refractivity contribution in [1.82, 2.24) is 0 Å². The van der Waals surface area contributed by atoms with Gasteiger partial charge in [-0.25, -0.2) is 0 Å². The van der Waals surface area contributed by atoms with Gasteiger partial charge in [0.25, 0.3) is 0 Å². The van der Waals surface area contributed by atoms with Gasteiger partial charge in [-0.05, 0) is 0 Å². The van der Waals surface area contributed by atoms with Gasteiger partial charge >= 0.3 is 121 Å². The van der Waals surface area contributed by atoms with Crippen molar-refractivity contribution in [3.05, 3.63) is 29.8 Å². The molecule has 6 heteroatoms. The number of carboxylic acid groups (broad SMARTS) is 1. The fourth-order valence-electron chi connectivity index (χ4n) is 0.830. The molecule has 0 spiro atoms. The second-order valence-electron chi connectivity index (χ2n) is 2.27. The summed E-state index contributed by atoms with van der Waals surface area (Å²) in [5.41, 5.74) is 0.122. The van der Waals surface area contributed by atoms with Crippen molar-refractivity contribution in [2.24, 2.45) is 0 Å². The summed E-state index contributed by atoms with van der Waals surface area (Å²) < 4.78 is 7.39. The summed E-state index contributed by atoms with van der Waals surface area (Å²) in [6, 6.07) is 6.52. The number of carbonyl (C=O) groups is 1. The van der Waals surface area contributed by atoms with Crippen LogP contribution >= 0.6 is 8.52 Å². The Morgan fingerprint density at radius 2 is 2.14 bits per heavy atom. The predicted octanol–water partition coefficient (Wildman–Crippen LogP) is -1.87. The molecule has 0 bridgehead atoms. The minimum absolute atomic E-state index is 0. The number of para-hydroxylation sites is 1. The van der Waals surface area contributed by atoms with E-state index in [0.29, 0.717) is 5.75 Å². The van der Waals surface area contributed by atoms with Gasteiger partial charge in [-0.2, -0.15) is 0 Å². The molecule has 0 radical (unpaired) electrons. The van der Waals surface area contributed by atoms with Crippen LogP contribution in [0.25, 0.3) is 0 Å². The van der Waals surface area contributed by atoms with Gasteiger partial charge in [0.2, 0.25) is 0 Å². The minimum Gasteiger partial charge on any atom is 1.00 e. The Hall–Kier alpha value is 0.775. The number of rotatable bonds is 4. The molecule has 0 aliphatic rings. The van der Waals surface area contributed by atoms with Crippen LogP contribution in [0.3, 0.4) is 0 Å². The van der Waals surface area contributed by atoms with Crippen LogP contribution in [0.2, 0.25) is 4.43 Å². The Kier molecular flexibility index (Phi) is 8.43. The van der Waals surface area contributed by atoms with E-state index in [4.69, 9.17) is 4.18 Å². The molecule has 0 N–H and O–H groups in total. The number of hydrogen-bond acceptors (Lipinski definition) is 4. The first-order valence-electron chi connectivity index (χ1n) is 3.85. The van der Waals surface area contributed by atoms with Crippen LogP contribution in [-0.2, 0) is 23.1 Å². The second kappa shape index (κ2) is 7.99. The summed E-state index contributed by atoms with van der Waals surface area (Å²) in [7, 11) is 1.42. The van der Waals surface area contributed by atoms with Crippen LogP contribution in [-0.4, -0.2) is 5.97 Å². The smallest absolute Gasteiger partial charge is 1.00 e. The Labute approximate surface area is 120 Å². The molecule has 0 heterocycles. The molecule has 1 aromatic rings. The van der Waals surface area contributed by atoms with Crippen molar-refractivity contribution in [2.45, 2.75) is 4.43 Å². The number of hydrogen-bond donors (Lipinski definition) is 0. The molecule has 0 fully saturated rings. The zero-order valence-corrected chi connectivity index (χ0v) is 16.5. The fourth-order valence-corrected chi connectivity index (χ4v) is 4.08. The van der Waals surface area contributed by atoms with Gasteiger partial charge in [0, 0.05) is 0 Å². The molecule has 0 saturated heterocycles. The van der Waals surface area contributed by atoms with Crippen molar-refractivity contribution < 1.29 is 66.7 Å². The first-order chi connectivity index (χ1) is 6.25. The molecule has 1 aromatic carbocycles. The zero-order chi connectivity index (χ0) is 9.68. The monoisotopic (exact) mass is 408 g/mol. The van der Waals surface area contributed by atoms with Gasteiger partial charge in [0.15, 0.2) is 0 Å². The number of carboxylic acids is 1.